The van der Waals surface area contributed by atoms with Crippen LogP contribution in [0.15, 0.2) is 35.5 Å². The molecule has 4 rings (SSSR count). The number of hydrogen-bond acceptors (Lipinski definition) is 3. The molecule has 1 fully saturated rings. The lowest BCUT2D eigenvalue weighted by Crippen LogP contribution is -2.33. The summed E-state index contributed by atoms with van der Waals surface area (Å²) in [4.78, 5) is 30.1. The fourth-order valence-corrected chi connectivity index (χ4v) is 4.51. The van der Waals surface area contributed by atoms with Gasteiger partial charge in [-0.05, 0) is 55.0 Å². The molecule has 1 unspecified atom stereocenters. The number of hydrogen-bond donors (Lipinski definition) is 2. The van der Waals surface area contributed by atoms with Crippen LogP contribution >= 0.6 is 0 Å². The van der Waals surface area contributed by atoms with Crippen molar-refractivity contribution in [2.45, 2.75) is 44.6 Å². The highest BCUT2D eigenvalue weighted by Gasteiger charge is 2.38. The molecule has 0 radical (unpaired) electrons. The molecule has 2 aliphatic rings. The van der Waals surface area contributed by atoms with Crippen LogP contribution in [0.1, 0.15) is 37.7 Å². The molecule has 6 nitrogen and oxygen atoms in total. The van der Waals surface area contributed by atoms with Crippen molar-refractivity contribution in [2.75, 3.05) is 20.7 Å². The first-order valence-electron chi connectivity index (χ1n) is 9.98. The number of H-pyrrole nitrogens is 1. The second-order valence-corrected chi connectivity index (χ2v) is 7.68. The number of methoxy groups -OCH3 is 1. The van der Waals surface area contributed by atoms with Crippen LogP contribution in [0.3, 0.4) is 0 Å². The van der Waals surface area contributed by atoms with E-state index in [9.17, 15) is 9.59 Å². The van der Waals surface area contributed by atoms with E-state index in [1.165, 1.54) is 5.57 Å². The van der Waals surface area contributed by atoms with E-state index >= 15 is 0 Å². The van der Waals surface area contributed by atoms with Gasteiger partial charge in [-0.3, -0.25) is 9.59 Å². The highest BCUT2D eigenvalue weighted by atomic mass is 16.5. The SMILES string of the molecule is COc1ccc2[nH]cc(CCNC(=O)CC3=C4CCCCC4N(C)C3=O)c2c1. The molecule has 1 aliphatic heterocycles. The van der Waals surface area contributed by atoms with Crippen LogP contribution in [0.5, 0.6) is 5.75 Å². The third kappa shape index (κ3) is 3.39. The molecule has 6 heteroatoms. The predicted octanol–water partition coefficient (Wildman–Crippen LogP) is 2.94. The summed E-state index contributed by atoms with van der Waals surface area (Å²) >= 11 is 0. The summed E-state index contributed by atoms with van der Waals surface area (Å²) in [5.41, 5.74) is 4.11. The lowest BCUT2D eigenvalue weighted by atomic mass is 9.88. The number of benzene rings is 1. The van der Waals surface area contributed by atoms with E-state index in [4.69, 9.17) is 4.74 Å². The van der Waals surface area contributed by atoms with E-state index in [2.05, 4.69) is 10.3 Å². The van der Waals surface area contributed by atoms with Crippen molar-refractivity contribution in [3.8, 4) is 5.75 Å². The van der Waals surface area contributed by atoms with Crippen LogP contribution in [-0.4, -0.2) is 48.4 Å². The number of aromatic nitrogens is 1. The summed E-state index contributed by atoms with van der Waals surface area (Å²) in [7, 11) is 3.51. The van der Waals surface area contributed by atoms with Crippen LogP contribution in [-0.2, 0) is 16.0 Å². The summed E-state index contributed by atoms with van der Waals surface area (Å²) in [6.45, 7) is 0.541. The highest BCUT2D eigenvalue weighted by Crippen LogP contribution is 2.36. The summed E-state index contributed by atoms with van der Waals surface area (Å²) in [5.74, 6) is 0.769. The van der Waals surface area contributed by atoms with Crippen LogP contribution in [0.25, 0.3) is 10.9 Å². The molecule has 2 aromatic rings. The molecule has 2 amide bonds. The molecular weight excluding hydrogens is 354 g/mol. The molecule has 28 heavy (non-hydrogen) atoms. The fourth-order valence-electron chi connectivity index (χ4n) is 4.51. The molecule has 2 N–H and O–H groups in total. The van der Waals surface area contributed by atoms with Gasteiger partial charge in [-0.2, -0.15) is 0 Å². The minimum Gasteiger partial charge on any atom is -0.497 e. The summed E-state index contributed by atoms with van der Waals surface area (Å²) in [5, 5.41) is 4.09. The minimum absolute atomic E-state index is 0.0285. The van der Waals surface area contributed by atoms with Gasteiger partial charge < -0.3 is 19.9 Å². The topological polar surface area (TPSA) is 74.4 Å². The van der Waals surface area contributed by atoms with Gasteiger partial charge in [-0.1, -0.05) is 6.42 Å². The van der Waals surface area contributed by atoms with Crippen molar-refractivity contribution in [1.29, 1.82) is 0 Å². The molecule has 0 spiro atoms. The molecule has 2 heterocycles. The maximum atomic E-state index is 12.5. The Kier molecular flexibility index (Phi) is 5.11. The van der Waals surface area contributed by atoms with Crippen LogP contribution < -0.4 is 10.1 Å². The van der Waals surface area contributed by atoms with Gasteiger partial charge in [-0.25, -0.2) is 0 Å². The van der Waals surface area contributed by atoms with E-state index in [1.54, 1.807) is 7.11 Å². The Morgan fingerprint density at radius 3 is 3.04 bits per heavy atom. The predicted molar refractivity (Wildman–Crippen MR) is 108 cm³/mol. The zero-order valence-electron chi connectivity index (χ0n) is 16.5. The Morgan fingerprint density at radius 2 is 2.21 bits per heavy atom. The lowest BCUT2D eigenvalue weighted by Gasteiger charge is -2.26. The quantitative estimate of drug-likeness (QED) is 0.808. The molecule has 148 valence electrons. The maximum absolute atomic E-state index is 12.5. The lowest BCUT2D eigenvalue weighted by molar-refractivity contribution is -0.127. The molecule has 1 saturated carbocycles. The van der Waals surface area contributed by atoms with E-state index in [0.717, 1.165) is 59.9 Å². The number of nitrogens with one attached hydrogen (secondary N) is 2. The van der Waals surface area contributed by atoms with Crippen molar-refractivity contribution >= 4 is 22.7 Å². The fraction of sp³-hybridized carbons (Fsp3) is 0.455. The van der Waals surface area contributed by atoms with Crippen LogP contribution in [0, 0.1) is 0 Å². The summed E-state index contributed by atoms with van der Waals surface area (Å²) < 4.78 is 5.30. The number of carbonyl (C=O) groups excluding carboxylic acids is 2. The number of ether oxygens (including phenoxy) is 1. The Labute approximate surface area is 164 Å². The second-order valence-electron chi connectivity index (χ2n) is 7.68. The highest BCUT2D eigenvalue weighted by molar-refractivity contribution is 6.02. The molecule has 1 aliphatic carbocycles. The largest absolute Gasteiger partial charge is 0.497 e. The van der Waals surface area contributed by atoms with E-state index in [0.29, 0.717) is 6.54 Å². The van der Waals surface area contributed by atoms with Crippen LogP contribution in [0.4, 0.5) is 0 Å². The number of fused-ring (bicyclic) bond motifs is 2. The minimum atomic E-state index is -0.0760. The van der Waals surface area contributed by atoms with Gasteiger partial charge in [0.25, 0.3) is 5.91 Å². The second kappa shape index (κ2) is 7.70. The van der Waals surface area contributed by atoms with Gasteiger partial charge in [-0.15, -0.1) is 0 Å². The van der Waals surface area contributed by atoms with E-state index in [1.807, 2.05) is 36.3 Å². The molecule has 0 bridgehead atoms. The molecule has 1 aromatic heterocycles. The van der Waals surface area contributed by atoms with Gasteiger partial charge in [0, 0.05) is 36.3 Å². The van der Waals surface area contributed by atoms with Crippen molar-refractivity contribution in [1.82, 2.24) is 15.2 Å². The number of aromatic amines is 1. The Morgan fingerprint density at radius 1 is 1.36 bits per heavy atom. The van der Waals surface area contributed by atoms with Gasteiger partial charge in [0.05, 0.1) is 19.6 Å². The average Bonchev–Trinajstić information content (AvgIpc) is 3.22. The molecule has 1 aromatic carbocycles. The normalized spacial score (nSPS) is 19.3. The van der Waals surface area contributed by atoms with Gasteiger partial charge in [0.15, 0.2) is 0 Å². The first-order chi connectivity index (χ1) is 13.6. The number of nitrogens with zero attached hydrogens (tertiary/aromatic N) is 1. The third-order valence-corrected chi connectivity index (χ3v) is 6.04. The third-order valence-electron chi connectivity index (χ3n) is 6.04. The smallest absolute Gasteiger partial charge is 0.250 e. The standard InChI is InChI=1S/C22H27N3O3/c1-25-20-6-4-3-5-16(20)18(22(25)27)12-21(26)23-10-9-14-13-24-19-8-7-15(28-2)11-17(14)19/h7-8,11,13,20,24H,3-6,9-10,12H2,1-2H3,(H,23,26). The summed E-state index contributed by atoms with van der Waals surface area (Å²) in [6, 6.07) is 6.14. The maximum Gasteiger partial charge on any atom is 0.250 e. The molecule has 1 atom stereocenters. The van der Waals surface area contributed by atoms with Crippen LogP contribution in [0.2, 0.25) is 0 Å². The van der Waals surface area contributed by atoms with Crippen molar-refractivity contribution in [3.05, 3.63) is 41.1 Å². The zero-order chi connectivity index (χ0) is 19.7. The monoisotopic (exact) mass is 381 g/mol. The first-order valence-corrected chi connectivity index (χ1v) is 9.98. The number of amides is 2. The number of rotatable bonds is 6. The molecular formula is C22H27N3O3. The zero-order valence-corrected chi connectivity index (χ0v) is 16.5. The number of carbonyl (C=O) groups is 2. The summed E-state index contributed by atoms with van der Waals surface area (Å²) in [6.07, 6.45) is 7.12. The Hall–Kier alpha value is -2.76. The average molecular weight is 381 g/mol. The van der Waals surface area contributed by atoms with Gasteiger partial charge in [0.2, 0.25) is 5.91 Å². The van der Waals surface area contributed by atoms with Crippen molar-refractivity contribution in [3.63, 3.8) is 0 Å². The van der Waals surface area contributed by atoms with Crippen molar-refractivity contribution < 1.29 is 14.3 Å². The molecule has 0 saturated heterocycles. The van der Waals surface area contributed by atoms with E-state index < -0.39 is 0 Å². The first kappa shape index (κ1) is 18.6. The Balaban J connectivity index is 1.37. The van der Waals surface area contributed by atoms with Crippen molar-refractivity contribution in [2.24, 2.45) is 0 Å². The number of likely N-dealkylation sites (N-methyl/N-ethyl adjacent to an activating group) is 1. The van der Waals surface area contributed by atoms with Gasteiger partial charge in [0.1, 0.15) is 5.75 Å². The van der Waals surface area contributed by atoms with Gasteiger partial charge >= 0.3 is 0 Å². The van der Waals surface area contributed by atoms with E-state index in [-0.39, 0.29) is 24.3 Å². The Bertz CT molecular complexity index is 944.